The Morgan fingerprint density at radius 2 is 2.21 bits per heavy atom. The summed E-state index contributed by atoms with van der Waals surface area (Å²) in [5.74, 6) is -0.246. The SMILES string of the molecule is CCCN1CC(C(Cl)Cl)C(C)(Cl)C1=O. The number of halogens is 3. The zero-order valence-electron chi connectivity index (χ0n) is 8.27. The van der Waals surface area contributed by atoms with Gasteiger partial charge < -0.3 is 4.90 Å². The van der Waals surface area contributed by atoms with Crippen molar-refractivity contribution in [2.75, 3.05) is 13.1 Å². The van der Waals surface area contributed by atoms with Gasteiger partial charge in [-0.05, 0) is 13.3 Å². The molecule has 0 saturated carbocycles. The van der Waals surface area contributed by atoms with E-state index < -0.39 is 9.71 Å². The zero-order chi connectivity index (χ0) is 10.9. The molecule has 0 spiro atoms. The van der Waals surface area contributed by atoms with Crippen molar-refractivity contribution in [1.82, 2.24) is 4.90 Å². The standard InChI is InChI=1S/C9H14Cl3NO/c1-3-4-13-5-6(7(10)11)9(2,12)8(13)14/h6-7H,3-5H2,1-2H3. The Hall–Kier alpha value is 0.340. The minimum Gasteiger partial charge on any atom is -0.341 e. The number of hydrogen-bond acceptors (Lipinski definition) is 1. The minimum atomic E-state index is -0.941. The minimum absolute atomic E-state index is 0.0580. The molecule has 1 aliphatic rings. The second-order valence-electron chi connectivity index (χ2n) is 3.77. The van der Waals surface area contributed by atoms with Gasteiger partial charge in [0.25, 0.3) is 0 Å². The normalized spacial score (nSPS) is 33.1. The van der Waals surface area contributed by atoms with Crippen LogP contribution in [0.2, 0.25) is 0 Å². The monoisotopic (exact) mass is 257 g/mol. The third-order valence-electron chi connectivity index (χ3n) is 2.62. The summed E-state index contributed by atoms with van der Waals surface area (Å²) in [7, 11) is 0. The number of alkyl halides is 3. The molecule has 0 bridgehead atoms. The van der Waals surface area contributed by atoms with E-state index in [1.54, 1.807) is 11.8 Å². The van der Waals surface area contributed by atoms with E-state index in [0.29, 0.717) is 6.54 Å². The van der Waals surface area contributed by atoms with E-state index in [1.165, 1.54) is 0 Å². The molecule has 1 amide bonds. The Kier molecular flexibility index (Phi) is 3.95. The molecule has 1 aliphatic heterocycles. The van der Waals surface area contributed by atoms with Gasteiger partial charge in [0.1, 0.15) is 9.71 Å². The van der Waals surface area contributed by atoms with Crippen LogP contribution in [-0.2, 0) is 4.79 Å². The molecule has 0 N–H and O–H groups in total. The lowest BCUT2D eigenvalue weighted by Gasteiger charge is -2.21. The molecular weight excluding hydrogens is 244 g/mol. The molecular formula is C9H14Cl3NO. The molecule has 2 atom stereocenters. The van der Waals surface area contributed by atoms with Gasteiger partial charge in [0, 0.05) is 19.0 Å². The Bertz CT molecular complexity index is 230. The van der Waals surface area contributed by atoms with Crippen LogP contribution >= 0.6 is 34.8 Å². The van der Waals surface area contributed by atoms with E-state index in [1.807, 2.05) is 6.92 Å². The van der Waals surface area contributed by atoms with E-state index in [2.05, 4.69) is 0 Å². The summed E-state index contributed by atoms with van der Waals surface area (Å²) in [4.78, 5) is 12.0. The van der Waals surface area contributed by atoms with E-state index in [4.69, 9.17) is 34.8 Å². The summed E-state index contributed by atoms with van der Waals surface area (Å²) >= 11 is 17.8. The van der Waals surface area contributed by atoms with Gasteiger partial charge in [0.15, 0.2) is 0 Å². The maximum Gasteiger partial charge on any atom is 0.243 e. The number of rotatable bonds is 3. The maximum atomic E-state index is 11.8. The fraction of sp³-hybridized carbons (Fsp3) is 0.889. The van der Waals surface area contributed by atoms with E-state index in [0.717, 1.165) is 13.0 Å². The van der Waals surface area contributed by atoms with Crippen molar-refractivity contribution in [1.29, 1.82) is 0 Å². The number of carbonyl (C=O) groups is 1. The van der Waals surface area contributed by atoms with Crippen molar-refractivity contribution < 1.29 is 4.79 Å². The lowest BCUT2D eigenvalue weighted by atomic mass is 9.98. The zero-order valence-corrected chi connectivity index (χ0v) is 10.5. The van der Waals surface area contributed by atoms with Gasteiger partial charge in [0.2, 0.25) is 5.91 Å². The third kappa shape index (κ3) is 2.12. The van der Waals surface area contributed by atoms with Crippen LogP contribution in [0.1, 0.15) is 20.3 Å². The highest BCUT2D eigenvalue weighted by Gasteiger charge is 2.51. The van der Waals surface area contributed by atoms with Crippen molar-refractivity contribution in [2.45, 2.75) is 30.0 Å². The largest absolute Gasteiger partial charge is 0.341 e. The second-order valence-corrected chi connectivity index (χ2v) is 5.72. The summed E-state index contributed by atoms with van der Waals surface area (Å²) in [6, 6.07) is 0. The summed E-state index contributed by atoms with van der Waals surface area (Å²) in [5, 5.41) is 0. The predicted molar refractivity (Wildman–Crippen MR) is 60.1 cm³/mol. The lowest BCUT2D eigenvalue weighted by molar-refractivity contribution is -0.129. The van der Waals surface area contributed by atoms with Gasteiger partial charge in [0.05, 0.1) is 0 Å². The van der Waals surface area contributed by atoms with Crippen molar-refractivity contribution in [3.63, 3.8) is 0 Å². The van der Waals surface area contributed by atoms with Crippen LogP contribution in [0, 0.1) is 5.92 Å². The lowest BCUT2D eigenvalue weighted by Crippen LogP contribution is -2.37. The highest BCUT2D eigenvalue weighted by molar-refractivity contribution is 6.46. The van der Waals surface area contributed by atoms with Crippen LogP contribution in [0.15, 0.2) is 0 Å². The first-order valence-electron chi connectivity index (χ1n) is 4.67. The van der Waals surface area contributed by atoms with Crippen LogP contribution in [0.25, 0.3) is 0 Å². The number of nitrogens with zero attached hydrogens (tertiary/aromatic N) is 1. The average molecular weight is 259 g/mol. The average Bonchev–Trinajstić information content (AvgIpc) is 2.29. The first kappa shape index (κ1) is 12.4. The molecule has 0 aromatic heterocycles. The van der Waals surface area contributed by atoms with E-state index >= 15 is 0 Å². The summed E-state index contributed by atoms with van der Waals surface area (Å²) in [6.07, 6.45) is 0.917. The molecule has 82 valence electrons. The number of amides is 1. The Balaban J connectivity index is 2.80. The van der Waals surface area contributed by atoms with Gasteiger partial charge in [-0.3, -0.25) is 4.79 Å². The third-order valence-corrected chi connectivity index (χ3v) is 3.67. The first-order valence-corrected chi connectivity index (χ1v) is 5.92. The van der Waals surface area contributed by atoms with Gasteiger partial charge in [-0.2, -0.15) is 0 Å². The second kappa shape index (κ2) is 4.46. The van der Waals surface area contributed by atoms with Crippen LogP contribution < -0.4 is 0 Å². The van der Waals surface area contributed by atoms with Gasteiger partial charge in [-0.15, -0.1) is 34.8 Å². The quantitative estimate of drug-likeness (QED) is 0.713. The summed E-state index contributed by atoms with van der Waals surface area (Å²) in [6.45, 7) is 4.99. The molecule has 0 radical (unpaired) electrons. The van der Waals surface area contributed by atoms with Gasteiger partial charge in [-0.1, -0.05) is 6.92 Å². The molecule has 14 heavy (non-hydrogen) atoms. The van der Waals surface area contributed by atoms with Crippen LogP contribution in [0.3, 0.4) is 0 Å². The Morgan fingerprint density at radius 1 is 1.64 bits per heavy atom. The molecule has 2 nitrogen and oxygen atoms in total. The molecule has 0 aromatic rings. The smallest absolute Gasteiger partial charge is 0.243 e. The van der Waals surface area contributed by atoms with Crippen LogP contribution in [0.4, 0.5) is 0 Å². The van der Waals surface area contributed by atoms with Crippen molar-refractivity contribution in [3.8, 4) is 0 Å². The first-order chi connectivity index (χ1) is 6.41. The summed E-state index contributed by atoms with van der Waals surface area (Å²) < 4.78 is 0. The molecule has 1 heterocycles. The molecule has 1 rings (SSSR count). The van der Waals surface area contributed by atoms with Crippen LogP contribution in [-0.4, -0.2) is 33.6 Å². The van der Waals surface area contributed by atoms with Crippen molar-refractivity contribution in [3.05, 3.63) is 0 Å². The molecule has 2 unspecified atom stereocenters. The van der Waals surface area contributed by atoms with Gasteiger partial charge >= 0.3 is 0 Å². The van der Waals surface area contributed by atoms with Gasteiger partial charge in [-0.25, -0.2) is 0 Å². The molecule has 1 saturated heterocycles. The maximum absolute atomic E-state index is 11.8. The molecule has 1 fully saturated rings. The topological polar surface area (TPSA) is 20.3 Å². The molecule has 0 aliphatic carbocycles. The number of hydrogen-bond donors (Lipinski definition) is 0. The fourth-order valence-corrected chi connectivity index (χ4v) is 2.85. The highest BCUT2D eigenvalue weighted by Crippen LogP contribution is 2.39. The Morgan fingerprint density at radius 3 is 2.57 bits per heavy atom. The summed E-state index contributed by atoms with van der Waals surface area (Å²) in [5.41, 5.74) is 0. The van der Waals surface area contributed by atoms with E-state index in [-0.39, 0.29) is 11.8 Å². The van der Waals surface area contributed by atoms with Crippen molar-refractivity contribution in [2.24, 2.45) is 5.92 Å². The molecule has 0 aromatic carbocycles. The number of carbonyl (C=O) groups excluding carboxylic acids is 1. The van der Waals surface area contributed by atoms with E-state index in [9.17, 15) is 4.79 Å². The van der Waals surface area contributed by atoms with Crippen LogP contribution in [0.5, 0.6) is 0 Å². The number of likely N-dealkylation sites (tertiary alicyclic amines) is 1. The predicted octanol–water partition coefficient (Wildman–Crippen LogP) is 2.66. The molecule has 5 heteroatoms. The Labute approximate surface area is 99.5 Å². The highest BCUT2D eigenvalue weighted by atomic mass is 35.5. The van der Waals surface area contributed by atoms with Crippen molar-refractivity contribution >= 4 is 40.7 Å². The fourth-order valence-electron chi connectivity index (χ4n) is 1.74.